The first kappa shape index (κ1) is 38.4. The van der Waals surface area contributed by atoms with Crippen molar-refractivity contribution in [1.29, 1.82) is 0 Å². The molecule has 15 nitrogen and oxygen atoms in total. The zero-order valence-corrected chi connectivity index (χ0v) is 28.9. The molecule has 15 heteroatoms. The number of hydrogen-bond acceptors (Lipinski definition) is 15. The maximum atomic E-state index is 13.3. The Morgan fingerprint density at radius 1 is 0.745 bits per heavy atom. The summed E-state index contributed by atoms with van der Waals surface area (Å²) >= 11 is 0. The molecular formula is C36H40O15. The molecule has 3 aromatic rings. The predicted octanol–water partition coefficient (Wildman–Crippen LogP) is 4.43. The molecule has 51 heavy (non-hydrogen) atoms. The van der Waals surface area contributed by atoms with Gasteiger partial charge in [-0.1, -0.05) is 44.4 Å². The minimum absolute atomic E-state index is 0.0131. The molecule has 0 spiro atoms. The standard InChI is InChI=1S/C36H40O15/c1-6-7-8-12-17-43-29-26-16-15-25(18-27(26)49-35(42)32(29)51-34(41)24-13-10-9-11-14-24)48-36-33(47-23(5)40)31(46-22(4)39)30(45-21(3)38)28(50-36)19-44-20(2)37/h9-11,13-16,18,28,30-31,33,36H,6-8,12,17,19H2,1-5H3/t28-,30+,31+,33-,36-/m1/s1. The molecular weight excluding hydrogens is 672 g/mol. The van der Waals surface area contributed by atoms with E-state index in [1.165, 1.54) is 30.3 Å². The molecule has 0 saturated carbocycles. The van der Waals surface area contributed by atoms with Gasteiger partial charge in [-0.3, -0.25) is 19.2 Å². The summed E-state index contributed by atoms with van der Waals surface area (Å²) in [6.07, 6.45) is -3.57. The first-order valence-electron chi connectivity index (χ1n) is 16.4. The SMILES string of the molecule is CCCCCCOc1c(OC(=O)c2ccccc2)c(=O)oc2cc(O[C@@H]3O[C@H](COC(C)=O)[C@H](OC(C)=O)[C@H](OC(C)=O)[C@H]3OC(C)=O)ccc12. The van der Waals surface area contributed by atoms with E-state index in [2.05, 4.69) is 6.92 Å². The Hall–Kier alpha value is -5.44. The fourth-order valence-corrected chi connectivity index (χ4v) is 5.29. The van der Waals surface area contributed by atoms with Crippen LogP contribution < -0.4 is 19.8 Å². The van der Waals surface area contributed by atoms with Crippen LogP contribution in [0, 0.1) is 0 Å². The van der Waals surface area contributed by atoms with Gasteiger partial charge in [-0.2, -0.15) is 0 Å². The fraction of sp³-hybridized carbons (Fsp3) is 0.444. The van der Waals surface area contributed by atoms with Gasteiger partial charge < -0.3 is 42.3 Å². The topological polar surface area (TPSA) is 189 Å². The van der Waals surface area contributed by atoms with Crippen molar-refractivity contribution in [3.63, 3.8) is 0 Å². The molecule has 0 aliphatic carbocycles. The van der Waals surface area contributed by atoms with E-state index >= 15 is 0 Å². The van der Waals surface area contributed by atoms with E-state index in [0.717, 1.165) is 47.0 Å². The molecule has 1 aromatic heterocycles. The third kappa shape index (κ3) is 10.5. The van der Waals surface area contributed by atoms with Crippen LogP contribution in [0.5, 0.6) is 17.2 Å². The summed E-state index contributed by atoms with van der Waals surface area (Å²) in [6, 6.07) is 12.4. The van der Waals surface area contributed by atoms with Crippen molar-refractivity contribution in [2.24, 2.45) is 0 Å². The highest BCUT2D eigenvalue weighted by molar-refractivity contribution is 5.93. The molecule has 4 rings (SSSR count). The Kier molecular flexibility index (Phi) is 13.5. The van der Waals surface area contributed by atoms with Gasteiger partial charge >= 0.3 is 35.5 Å². The Bertz CT molecular complexity index is 1770. The molecule has 0 N–H and O–H groups in total. The van der Waals surface area contributed by atoms with Gasteiger partial charge in [0.25, 0.3) is 5.75 Å². The summed E-state index contributed by atoms with van der Waals surface area (Å²) in [5, 5.41) is 0.273. The Labute approximate surface area is 293 Å². The summed E-state index contributed by atoms with van der Waals surface area (Å²) in [7, 11) is 0. The molecule has 2 aromatic carbocycles. The van der Waals surface area contributed by atoms with Gasteiger partial charge in [0.1, 0.15) is 24.0 Å². The summed E-state index contributed by atoms with van der Waals surface area (Å²) in [5.74, 6) is -4.28. The van der Waals surface area contributed by atoms with Crippen LogP contribution in [-0.2, 0) is 42.9 Å². The van der Waals surface area contributed by atoms with E-state index in [4.69, 9.17) is 42.3 Å². The van der Waals surface area contributed by atoms with Gasteiger partial charge in [-0.05, 0) is 30.7 Å². The molecule has 1 saturated heterocycles. The van der Waals surface area contributed by atoms with Crippen molar-refractivity contribution < 1.29 is 66.3 Å². The summed E-state index contributed by atoms with van der Waals surface area (Å²) in [6.45, 7) is 6.30. The zero-order chi connectivity index (χ0) is 37.1. The van der Waals surface area contributed by atoms with Crippen molar-refractivity contribution in [2.45, 2.75) is 91.0 Å². The number of esters is 5. The lowest BCUT2D eigenvalue weighted by molar-refractivity contribution is -0.288. The summed E-state index contributed by atoms with van der Waals surface area (Å²) in [5.41, 5.74) is -0.814. The molecule has 274 valence electrons. The molecule has 0 amide bonds. The number of carbonyl (C=O) groups is 5. The maximum absolute atomic E-state index is 13.3. The van der Waals surface area contributed by atoms with E-state index in [9.17, 15) is 28.8 Å². The molecule has 1 fully saturated rings. The summed E-state index contributed by atoms with van der Waals surface area (Å²) < 4.78 is 50.6. The zero-order valence-electron chi connectivity index (χ0n) is 28.9. The minimum Gasteiger partial charge on any atom is -0.489 e. The van der Waals surface area contributed by atoms with Gasteiger partial charge in [0.2, 0.25) is 12.4 Å². The number of carbonyl (C=O) groups excluding carboxylic acids is 5. The molecule has 2 heterocycles. The van der Waals surface area contributed by atoms with Crippen LogP contribution in [0.15, 0.2) is 57.7 Å². The van der Waals surface area contributed by atoms with Crippen LogP contribution in [0.25, 0.3) is 11.0 Å². The van der Waals surface area contributed by atoms with Crippen molar-refractivity contribution in [3.05, 3.63) is 64.5 Å². The average molecular weight is 713 g/mol. The van der Waals surface area contributed by atoms with Crippen LogP contribution in [0.4, 0.5) is 0 Å². The predicted molar refractivity (Wildman–Crippen MR) is 176 cm³/mol. The van der Waals surface area contributed by atoms with E-state index in [-0.39, 0.29) is 34.6 Å². The number of hydrogen-bond donors (Lipinski definition) is 0. The molecule has 0 radical (unpaired) electrons. The highest BCUT2D eigenvalue weighted by atomic mass is 16.7. The molecule has 0 bridgehead atoms. The smallest absolute Gasteiger partial charge is 0.383 e. The van der Waals surface area contributed by atoms with E-state index in [1.807, 2.05) is 0 Å². The maximum Gasteiger partial charge on any atom is 0.383 e. The third-order valence-corrected chi connectivity index (χ3v) is 7.44. The van der Waals surface area contributed by atoms with Crippen molar-refractivity contribution >= 4 is 40.8 Å². The lowest BCUT2D eigenvalue weighted by atomic mass is 9.98. The van der Waals surface area contributed by atoms with Crippen molar-refractivity contribution in [1.82, 2.24) is 0 Å². The largest absolute Gasteiger partial charge is 0.489 e. The van der Waals surface area contributed by atoms with Gasteiger partial charge in [0.05, 0.1) is 17.6 Å². The van der Waals surface area contributed by atoms with Crippen LogP contribution in [0.3, 0.4) is 0 Å². The average Bonchev–Trinajstić information content (AvgIpc) is 3.07. The first-order chi connectivity index (χ1) is 24.4. The van der Waals surface area contributed by atoms with Crippen molar-refractivity contribution in [3.8, 4) is 17.2 Å². The minimum atomic E-state index is -1.53. The van der Waals surface area contributed by atoms with Gasteiger partial charge in [-0.15, -0.1) is 0 Å². The number of fused-ring (bicyclic) bond motifs is 1. The quantitative estimate of drug-likeness (QED) is 0.0930. The second kappa shape index (κ2) is 18.0. The molecule has 1 aliphatic heterocycles. The normalized spacial score (nSPS) is 19.7. The lowest BCUT2D eigenvalue weighted by Crippen LogP contribution is -2.63. The highest BCUT2D eigenvalue weighted by Gasteiger charge is 2.53. The molecule has 1 aliphatic rings. The Morgan fingerprint density at radius 2 is 1.41 bits per heavy atom. The van der Waals surface area contributed by atoms with Gasteiger partial charge in [0.15, 0.2) is 18.0 Å². The number of ether oxygens (including phenoxy) is 8. The Morgan fingerprint density at radius 3 is 2.06 bits per heavy atom. The number of rotatable bonds is 15. The molecule has 5 atom stereocenters. The second-order valence-corrected chi connectivity index (χ2v) is 11.6. The van der Waals surface area contributed by atoms with E-state index in [1.54, 1.807) is 18.2 Å². The summed E-state index contributed by atoms with van der Waals surface area (Å²) in [4.78, 5) is 74.3. The van der Waals surface area contributed by atoms with Gasteiger partial charge in [-0.25, -0.2) is 9.59 Å². The number of benzene rings is 2. The third-order valence-electron chi connectivity index (χ3n) is 7.44. The Balaban J connectivity index is 1.73. The second-order valence-electron chi connectivity index (χ2n) is 11.6. The lowest BCUT2D eigenvalue weighted by Gasteiger charge is -2.43. The first-order valence-corrected chi connectivity index (χ1v) is 16.4. The highest BCUT2D eigenvalue weighted by Crippen LogP contribution is 2.37. The van der Waals surface area contributed by atoms with E-state index in [0.29, 0.717) is 6.42 Å². The van der Waals surface area contributed by atoms with E-state index < -0.39 is 78.5 Å². The van der Waals surface area contributed by atoms with Crippen LogP contribution in [-0.4, -0.2) is 73.8 Å². The monoisotopic (exact) mass is 712 g/mol. The van der Waals surface area contributed by atoms with Gasteiger partial charge in [0, 0.05) is 33.8 Å². The van der Waals surface area contributed by atoms with Crippen LogP contribution in [0.1, 0.15) is 70.7 Å². The fourth-order valence-electron chi connectivity index (χ4n) is 5.29. The number of unbranched alkanes of at least 4 members (excludes halogenated alkanes) is 3. The van der Waals surface area contributed by atoms with Crippen LogP contribution in [0.2, 0.25) is 0 Å². The molecule has 0 unspecified atom stereocenters. The van der Waals surface area contributed by atoms with Crippen molar-refractivity contribution in [2.75, 3.05) is 13.2 Å². The van der Waals surface area contributed by atoms with Crippen LogP contribution >= 0.6 is 0 Å².